The average Bonchev–Trinajstić information content (AvgIpc) is 3.30. The van der Waals surface area contributed by atoms with Gasteiger partial charge in [-0.1, -0.05) is 0 Å². The predicted octanol–water partition coefficient (Wildman–Crippen LogP) is 2.00. The molecule has 0 radical (unpaired) electrons. The number of rotatable bonds is 4. The Bertz CT molecular complexity index is 585. The van der Waals surface area contributed by atoms with E-state index in [-0.39, 0.29) is 0 Å². The number of carboxylic acid groups (broad SMARTS) is 2. The summed E-state index contributed by atoms with van der Waals surface area (Å²) in [6.07, 6.45) is 5.60. The van der Waals surface area contributed by atoms with Crippen LogP contribution in [0.25, 0.3) is 0 Å². The molecule has 0 spiro atoms. The fourth-order valence-electron chi connectivity index (χ4n) is 3.27. The molecule has 0 amide bonds. The zero-order valence-electron chi connectivity index (χ0n) is 13.3. The van der Waals surface area contributed by atoms with Crippen LogP contribution in [0.4, 0.5) is 0 Å². The van der Waals surface area contributed by atoms with Crippen molar-refractivity contribution in [1.82, 2.24) is 13.6 Å². The average molecular weight is 371 g/mol. The maximum absolute atomic E-state index is 9.10. The van der Waals surface area contributed by atoms with Gasteiger partial charge in [0.2, 0.25) is 0 Å². The predicted molar refractivity (Wildman–Crippen MR) is 90.5 cm³/mol. The van der Waals surface area contributed by atoms with Crippen molar-refractivity contribution in [3.8, 4) is 0 Å². The number of thioether (sulfide) groups is 1. The smallest absolute Gasteiger partial charge is 0.414 e. The molecule has 0 aromatic carbocycles. The van der Waals surface area contributed by atoms with Gasteiger partial charge in [-0.2, -0.15) is 8.75 Å². The lowest BCUT2D eigenvalue weighted by molar-refractivity contribution is -0.159. The Kier molecular flexibility index (Phi) is 5.72. The number of aliphatic carboxylic acids is 2. The van der Waals surface area contributed by atoms with Gasteiger partial charge in [0.15, 0.2) is 0 Å². The standard InChI is InChI=1S/C13H19N3S2.C2H2O4/c1-2-9(1)8-17-13-12(14-18-15-13)11-7-16-5-3-10(11)4-6-16;3-1(4)2(5)6/h9-11H,1-8H2;(H,3,4)(H,5,6). The number of carboxylic acids is 2. The topological polar surface area (TPSA) is 104 Å². The van der Waals surface area contributed by atoms with Gasteiger partial charge in [-0.15, -0.1) is 11.8 Å². The van der Waals surface area contributed by atoms with Crippen molar-refractivity contribution in [3.63, 3.8) is 0 Å². The van der Waals surface area contributed by atoms with Crippen LogP contribution in [-0.4, -0.2) is 61.2 Å². The first-order valence-electron chi connectivity index (χ1n) is 8.18. The van der Waals surface area contributed by atoms with E-state index in [1.54, 1.807) is 0 Å². The molecule has 1 aromatic rings. The van der Waals surface area contributed by atoms with E-state index in [1.807, 2.05) is 11.8 Å². The highest BCUT2D eigenvalue weighted by Gasteiger charge is 2.37. The molecule has 7 nitrogen and oxygen atoms in total. The number of hydrogen-bond donors (Lipinski definition) is 2. The van der Waals surface area contributed by atoms with Crippen molar-refractivity contribution >= 4 is 35.4 Å². The minimum Gasteiger partial charge on any atom is -0.473 e. The number of fused-ring (bicyclic) bond motifs is 3. The van der Waals surface area contributed by atoms with Gasteiger partial charge in [0, 0.05) is 18.2 Å². The van der Waals surface area contributed by atoms with Crippen molar-refractivity contribution < 1.29 is 19.8 Å². The molecule has 132 valence electrons. The Hall–Kier alpha value is -1.19. The number of aromatic nitrogens is 2. The zero-order chi connectivity index (χ0) is 17.1. The summed E-state index contributed by atoms with van der Waals surface area (Å²) < 4.78 is 9.19. The SMILES string of the molecule is C1CC1CSc1nsnc1C1CN2CCC1CC2.O=C(O)C(=O)O. The Labute approximate surface area is 148 Å². The van der Waals surface area contributed by atoms with Crippen LogP contribution in [0.5, 0.6) is 0 Å². The molecule has 1 aliphatic carbocycles. The Morgan fingerprint density at radius 2 is 1.79 bits per heavy atom. The molecule has 1 unspecified atom stereocenters. The lowest BCUT2D eigenvalue weighted by Gasteiger charge is -2.44. The molecule has 3 saturated heterocycles. The van der Waals surface area contributed by atoms with Gasteiger partial charge < -0.3 is 15.1 Å². The molecule has 1 atom stereocenters. The van der Waals surface area contributed by atoms with Crippen molar-refractivity contribution in [2.45, 2.75) is 36.6 Å². The third-order valence-electron chi connectivity index (χ3n) is 4.83. The quantitative estimate of drug-likeness (QED) is 0.612. The number of hydrogen-bond acceptors (Lipinski definition) is 7. The minimum absolute atomic E-state index is 0.674. The lowest BCUT2D eigenvalue weighted by atomic mass is 9.78. The van der Waals surface area contributed by atoms with Crippen LogP contribution >= 0.6 is 23.5 Å². The summed E-state index contributed by atoms with van der Waals surface area (Å²) in [5, 5.41) is 16.0. The molecule has 3 aliphatic heterocycles. The van der Waals surface area contributed by atoms with Gasteiger partial charge >= 0.3 is 11.9 Å². The van der Waals surface area contributed by atoms with Crippen LogP contribution in [0.2, 0.25) is 0 Å². The maximum atomic E-state index is 9.10. The summed E-state index contributed by atoms with van der Waals surface area (Å²) in [6, 6.07) is 0. The van der Waals surface area contributed by atoms with Crippen LogP contribution in [0, 0.1) is 11.8 Å². The monoisotopic (exact) mass is 371 g/mol. The van der Waals surface area contributed by atoms with Gasteiger partial charge in [-0.25, -0.2) is 9.59 Å². The summed E-state index contributed by atoms with van der Waals surface area (Å²) in [6.45, 7) is 3.85. The molecule has 4 aliphatic rings. The van der Waals surface area contributed by atoms with E-state index in [0.717, 1.165) is 11.8 Å². The summed E-state index contributed by atoms with van der Waals surface area (Å²) in [5.74, 6) is 0.132. The van der Waals surface area contributed by atoms with E-state index in [0.29, 0.717) is 5.92 Å². The van der Waals surface area contributed by atoms with Crippen LogP contribution in [0.15, 0.2) is 5.03 Å². The molecule has 24 heavy (non-hydrogen) atoms. The third kappa shape index (κ3) is 4.46. The van der Waals surface area contributed by atoms with E-state index in [2.05, 4.69) is 13.6 Å². The normalized spacial score (nSPS) is 28.1. The molecule has 5 rings (SSSR count). The molecule has 4 heterocycles. The molecular weight excluding hydrogens is 350 g/mol. The van der Waals surface area contributed by atoms with Crippen molar-refractivity contribution in [2.75, 3.05) is 25.4 Å². The fourth-order valence-corrected chi connectivity index (χ4v) is 5.23. The van der Waals surface area contributed by atoms with Gasteiger partial charge in [-0.3, -0.25) is 0 Å². The van der Waals surface area contributed by atoms with E-state index < -0.39 is 11.9 Å². The van der Waals surface area contributed by atoms with Crippen molar-refractivity contribution in [1.29, 1.82) is 0 Å². The minimum atomic E-state index is -1.82. The van der Waals surface area contributed by atoms with Gasteiger partial charge in [0.1, 0.15) is 5.03 Å². The van der Waals surface area contributed by atoms with E-state index in [4.69, 9.17) is 19.8 Å². The maximum Gasteiger partial charge on any atom is 0.414 e. The number of nitrogens with zero attached hydrogens (tertiary/aromatic N) is 3. The van der Waals surface area contributed by atoms with E-state index in [1.165, 1.54) is 73.5 Å². The zero-order valence-corrected chi connectivity index (χ0v) is 14.9. The first-order valence-corrected chi connectivity index (χ1v) is 9.90. The van der Waals surface area contributed by atoms with Gasteiger partial charge in [0.25, 0.3) is 0 Å². The lowest BCUT2D eigenvalue weighted by Crippen LogP contribution is -2.46. The van der Waals surface area contributed by atoms with Crippen molar-refractivity contribution in [2.24, 2.45) is 11.8 Å². The van der Waals surface area contributed by atoms with Gasteiger partial charge in [0.05, 0.1) is 17.4 Å². The molecule has 9 heteroatoms. The second-order valence-corrected chi connectivity index (χ2v) is 8.10. The first kappa shape index (κ1) is 17.6. The highest BCUT2D eigenvalue weighted by atomic mass is 32.2. The third-order valence-corrected chi connectivity index (χ3v) is 6.70. The molecule has 2 N–H and O–H groups in total. The van der Waals surface area contributed by atoms with Crippen LogP contribution in [0.3, 0.4) is 0 Å². The highest BCUT2D eigenvalue weighted by molar-refractivity contribution is 7.99. The summed E-state index contributed by atoms with van der Waals surface area (Å²) in [4.78, 5) is 20.8. The van der Waals surface area contributed by atoms with Crippen LogP contribution in [0.1, 0.15) is 37.3 Å². The molecular formula is C15H21N3O4S2. The second-order valence-electron chi connectivity index (χ2n) is 6.56. The Morgan fingerprint density at radius 3 is 2.29 bits per heavy atom. The second kappa shape index (κ2) is 7.79. The summed E-state index contributed by atoms with van der Waals surface area (Å²) in [5.41, 5.74) is 1.33. The fraction of sp³-hybridized carbons (Fsp3) is 0.733. The van der Waals surface area contributed by atoms with Crippen LogP contribution in [-0.2, 0) is 9.59 Å². The molecule has 1 saturated carbocycles. The van der Waals surface area contributed by atoms with E-state index in [9.17, 15) is 0 Å². The highest BCUT2D eigenvalue weighted by Crippen LogP contribution is 2.42. The summed E-state index contributed by atoms with van der Waals surface area (Å²) >= 11 is 3.38. The van der Waals surface area contributed by atoms with Crippen LogP contribution < -0.4 is 0 Å². The summed E-state index contributed by atoms with van der Waals surface area (Å²) in [7, 11) is 0. The largest absolute Gasteiger partial charge is 0.473 e. The first-order chi connectivity index (χ1) is 11.5. The number of carbonyl (C=O) groups is 2. The molecule has 2 bridgehead atoms. The van der Waals surface area contributed by atoms with Crippen molar-refractivity contribution in [3.05, 3.63) is 5.69 Å². The number of piperidine rings is 3. The molecule has 4 fully saturated rings. The van der Waals surface area contributed by atoms with Gasteiger partial charge in [-0.05, 0) is 50.6 Å². The van der Waals surface area contributed by atoms with E-state index >= 15 is 0 Å². The Morgan fingerprint density at radius 1 is 1.12 bits per heavy atom. The Balaban J connectivity index is 0.000000246. The molecule has 1 aromatic heterocycles.